The van der Waals surface area contributed by atoms with Crippen molar-refractivity contribution in [2.24, 2.45) is 5.10 Å². The maximum Gasteiger partial charge on any atom is 0.224 e. The van der Waals surface area contributed by atoms with E-state index in [4.69, 9.17) is 4.74 Å². The van der Waals surface area contributed by atoms with Crippen LogP contribution in [-0.2, 0) is 13.2 Å². The molecule has 1 N–H and O–H groups in total. The number of aryl methyl sites for hydroxylation is 1. The highest BCUT2D eigenvalue weighted by molar-refractivity contribution is 9.10. The lowest BCUT2D eigenvalue weighted by Crippen LogP contribution is -2.01. The second kappa shape index (κ2) is 8.92. The van der Waals surface area contributed by atoms with Crippen LogP contribution in [0.4, 0.5) is 5.95 Å². The Morgan fingerprint density at radius 1 is 1.03 bits per heavy atom. The second-order valence-electron chi connectivity index (χ2n) is 6.52. The Morgan fingerprint density at radius 2 is 1.79 bits per heavy atom. The van der Waals surface area contributed by atoms with Gasteiger partial charge in [0.1, 0.15) is 12.4 Å². The molecule has 0 spiro atoms. The molecule has 5 nitrogen and oxygen atoms in total. The van der Waals surface area contributed by atoms with Crippen molar-refractivity contribution in [1.29, 1.82) is 0 Å². The van der Waals surface area contributed by atoms with Crippen LogP contribution >= 0.6 is 15.9 Å². The van der Waals surface area contributed by atoms with E-state index in [0.29, 0.717) is 6.61 Å². The van der Waals surface area contributed by atoms with E-state index in [2.05, 4.69) is 49.0 Å². The molecule has 29 heavy (non-hydrogen) atoms. The van der Waals surface area contributed by atoms with Gasteiger partial charge in [0.2, 0.25) is 5.95 Å². The molecule has 1 heterocycles. The first-order valence-electron chi connectivity index (χ1n) is 9.44. The summed E-state index contributed by atoms with van der Waals surface area (Å²) >= 11 is 3.44. The Labute approximate surface area is 178 Å². The smallest absolute Gasteiger partial charge is 0.224 e. The molecule has 0 aliphatic rings. The molecule has 0 amide bonds. The van der Waals surface area contributed by atoms with Crippen molar-refractivity contribution in [3.63, 3.8) is 0 Å². The first-order chi connectivity index (χ1) is 14.2. The molecule has 0 radical (unpaired) electrons. The van der Waals surface area contributed by atoms with Crippen LogP contribution in [0.5, 0.6) is 5.75 Å². The SMILES string of the molecule is CCn1c(N/N=C\c2ccc(OCc3ccc(Br)cc3)cc2)nc2ccccc21. The van der Waals surface area contributed by atoms with E-state index >= 15 is 0 Å². The molecule has 0 fully saturated rings. The fourth-order valence-electron chi connectivity index (χ4n) is 3.04. The van der Waals surface area contributed by atoms with Gasteiger partial charge < -0.3 is 9.30 Å². The molecule has 0 bridgehead atoms. The summed E-state index contributed by atoms with van der Waals surface area (Å²) in [5, 5.41) is 4.34. The van der Waals surface area contributed by atoms with Crippen LogP contribution in [0.25, 0.3) is 11.0 Å². The number of aromatic nitrogens is 2. The van der Waals surface area contributed by atoms with Gasteiger partial charge in [-0.05, 0) is 66.6 Å². The highest BCUT2D eigenvalue weighted by atomic mass is 79.9. The summed E-state index contributed by atoms with van der Waals surface area (Å²) in [4.78, 5) is 4.60. The summed E-state index contributed by atoms with van der Waals surface area (Å²) in [6.45, 7) is 3.45. The molecule has 4 aromatic rings. The van der Waals surface area contributed by atoms with E-state index in [1.807, 2.05) is 66.7 Å². The summed E-state index contributed by atoms with van der Waals surface area (Å²) in [5.74, 6) is 1.56. The molecule has 0 saturated heterocycles. The number of hydrogen-bond acceptors (Lipinski definition) is 4. The van der Waals surface area contributed by atoms with E-state index in [9.17, 15) is 0 Å². The van der Waals surface area contributed by atoms with Crippen LogP contribution in [0.15, 0.2) is 82.4 Å². The van der Waals surface area contributed by atoms with Crippen LogP contribution in [0, 0.1) is 0 Å². The third-order valence-corrected chi connectivity index (χ3v) is 5.08. The molecular weight excluding hydrogens is 428 g/mol. The fraction of sp³-hybridized carbons (Fsp3) is 0.130. The van der Waals surface area contributed by atoms with Gasteiger partial charge in [-0.2, -0.15) is 5.10 Å². The lowest BCUT2D eigenvalue weighted by Gasteiger charge is -2.07. The minimum Gasteiger partial charge on any atom is -0.489 e. The van der Waals surface area contributed by atoms with Crippen LogP contribution < -0.4 is 10.2 Å². The van der Waals surface area contributed by atoms with Crippen molar-refractivity contribution in [2.45, 2.75) is 20.1 Å². The summed E-state index contributed by atoms with van der Waals surface area (Å²) in [6.07, 6.45) is 1.78. The summed E-state index contributed by atoms with van der Waals surface area (Å²) in [6, 6.07) is 24.0. The van der Waals surface area contributed by atoms with Crippen LogP contribution in [0.2, 0.25) is 0 Å². The van der Waals surface area contributed by atoms with Crippen LogP contribution in [-0.4, -0.2) is 15.8 Å². The molecule has 0 saturated carbocycles. The summed E-state index contributed by atoms with van der Waals surface area (Å²) < 4.78 is 9.00. The number of ether oxygens (including phenoxy) is 1. The molecule has 1 aromatic heterocycles. The van der Waals surface area contributed by atoms with Crippen molar-refractivity contribution < 1.29 is 4.74 Å². The molecule has 0 unspecified atom stereocenters. The van der Waals surface area contributed by atoms with Crippen molar-refractivity contribution in [3.8, 4) is 5.75 Å². The number of nitrogens with one attached hydrogen (secondary N) is 1. The number of rotatable bonds is 7. The molecule has 3 aromatic carbocycles. The Balaban J connectivity index is 1.37. The monoisotopic (exact) mass is 448 g/mol. The van der Waals surface area contributed by atoms with Gasteiger partial charge in [-0.25, -0.2) is 10.4 Å². The van der Waals surface area contributed by atoms with Gasteiger partial charge in [-0.15, -0.1) is 0 Å². The first kappa shape index (κ1) is 19.2. The van der Waals surface area contributed by atoms with Crippen LogP contribution in [0.1, 0.15) is 18.1 Å². The Morgan fingerprint density at radius 3 is 2.55 bits per heavy atom. The Kier molecular flexibility index (Phi) is 5.91. The average molecular weight is 449 g/mol. The highest BCUT2D eigenvalue weighted by Gasteiger charge is 2.07. The maximum atomic E-state index is 5.84. The minimum absolute atomic E-state index is 0.537. The lowest BCUT2D eigenvalue weighted by atomic mass is 10.2. The number of fused-ring (bicyclic) bond motifs is 1. The number of anilines is 1. The van der Waals surface area contributed by atoms with E-state index < -0.39 is 0 Å². The number of imidazole rings is 1. The number of hydrazone groups is 1. The number of nitrogens with zero attached hydrogens (tertiary/aromatic N) is 3. The zero-order valence-electron chi connectivity index (χ0n) is 16.0. The van der Waals surface area contributed by atoms with Gasteiger partial charge in [0.05, 0.1) is 17.2 Å². The molecule has 6 heteroatoms. The van der Waals surface area contributed by atoms with Gasteiger partial charge >= 0.3 is 0 Å². The van der Waals surface area contributed by atoms with Crippen molar-refractivity contribution in [3.05, 3.63) is 88.4 Å². The predicted molar refractivity (Wildman–Crippen MR) is 122 cm³/mol. The predicted octanol–water partition coefficient (Wildman–Crippen LogP) is 5.84. The highest BCUT2D eigenvalue weighted by Crippen LogP contribution is 2.19. The topological polar surface area (TPSA) is 51.4 Å². The van der Waals surface area contributed by atoms with Gasteiger partial charge in [0.25, 0.3) is 0 Å². The van der Waals surface area contributed by atoms with Crippen molar-refractivity contribution in [1.82, 2.24) is 9.55 Å². The molecule has 0 aliphatic carbocycles. The van der Waals surface area contributed by atoms with Crippen LogP contribution in [0.3, 0.4) is 0 Å². The maximum absolute atomic E-state index is 5.84. The van der Waals surface area contributed by atoms with E-state index in [-0.39, 0.29) is 0 Å². The summed E-state index contributed by atoms with van der Waals surface area (Å²) in [7, 11) is 0. The van der Waals surface area contributed by atoms with E-state index in [0.717, 1.165) is 44.9 Å². The number of benzene rings is 3. The third kappa shape index (κ3) is 4.66. The zero-order chi connectivity index (χ0) is 20.1. The third-order valence-electron chi connectivity index (χ3n) is 4.55. The Hall–Kier alpha value is -3.12. The lowest BCUT2D eigenvalue weighted by molar-refractivity contribution is 0.306. The second-order valence-corrected chi connectivity index (χ2v) is 7.44. The normalized spacial score (nSPS) is 11.2. The van der Waals surface area contributed by atoms with Gasteiger partial charge in [0, 0.05) is 11.0 Å². The molecule has 146 valence electrons. The van der Waals surface area contributed by atoms with Crippen molar-refractivity contribution in [2.75, 3.05) is 5.43 Å². The van der Waals surface area contributed by atoms with Crippen molar-refractivity contribution >= 4 is 39.1 Å². The van der Waals surface area contributed by atoms with Gasteiger partial charge in [-0.1, -0.05) is 40.2 Å². The molecule has 4 rings (SSSR count). The fourth-order valence-corrected chi connectivity index (χ4v) is 3.31. The standard InChI is InChI=1S/C23H21BrN4O/c1-2-28-22-6-4-3-5-21(22)26-23(28)27-25-15-17-9-13-20(14-10-17)29-16-18-7-11-19(24)12-8-18/h3-15H,2,16H2,1H3,(H,26,27)/b25-15-. The summed E-state index contributed by atoms with van der Waals surface area (Å²) in [5.41, 5.74) is 7.22. The molecule has 0 aliphatic heterocycles. The van der Waals surface area contributed by atoms with Gasteiger partial charge in [0.15, 0.2) is 0 Å². The average Bonchev–Trinajstić information content (AvgIpc) is 3.11. The molecule has 0 atom stereocenters. The van der Waals surface area contributed by atoms with E-state index in [1.165, 1.54) is 0 Å². The Bertz CT molecular complexity index is 1120. The van der Waals surface area contributed by atoms with Gasteiger partial charge in [-0.3, -0.25) is 0 Å². The molecular formula is C23H21BrN4O. The van der Waals surface area contributed by atoms with E-state index in [1.54, 1.807) is 6.21 Å². The zero-order valence-corrected chi connectivity index (χ0v) is 17.6. The quantitative estimate of drug-likeness (QED) is 0.285. The minimum atomic E-state index is 0.537. The number of halogens is 1. The first-order valence-corrected chi connectivity index (χ1v) is 10.2. The number of hydrogen-bond donors (Lipinski definition) is 1. The number of para-hydroxylation sites is 2. The largest absolute Gasteiger partial charge is 0.489 e.